The van der Waals surface area contributed by atoms with E-state index in [4.69, 9.17) is 10.2 Å². The smallest absolute Gasteiger partial charge is 0.395 e. The molecule has 0 rings (SSSR count). The first kappa shape index (κ1) is 11.7. The van der Waals surface area contributed by atoms with Crippen LogP contribution in [0.1, 0.15) is 6.92 Å². The molecule has 3 N–H and O–H groups in total. The molecule has 0 bridgehead atoms. The summed E-state index contributed by atoms with van der Waals surface area (Å²) in [6, 6.07) is -0.443. The van der Waals surface area contributed by atoms with Crippen LogP contribution in [0.4, 0.5) is 13.2 Å². The predicted molar refractivity (Wildman–Crippen MR) is 36.6 cm³/mol. The molecule has 3 nitrogen and oxygen atoms in total. The van der Waals surface area contributed by atoms with Gasteiger partial charge < -0.3 is 15.5 Å². The summed E-state index contributed by atoms with van der Waals surface area (Å²) < 4.78 is 35.0. The normalized spacial score (nSPS) is 17.5. The molecule has 2 atom stereocenters. The largest absolute Gasteiger partial charge is 0.415 e. The van der Waals surface area contributed by atoms with Crippen molar-refractivity contribution >= 4 is 0 Å². The zero-order chi connectivity index (χ0) is 9.78. The van der Waals surface area contributed by atoms with Crippen LogP contribution >= 0.6 is 0 Å². The second-order valence-corrected chi connectivity index (χ2v) is 2.55. The Bertz CT molecular complexity index is 128. The Morgan fingerprint density at radius 2 is 1.92 bits per heavy atom. The quantitative estimate of drug-likeness (QED) is 0.575. The van der Waals surface area contributed by atoms with E-state index in [-0.39, 0.29) is 6.61 Å². The molecule has 0 fully saturated rings. The third-order valence-electron chi connectivity index (χ3n) is 1.31. The Balaban J connectivity index is 3.64. The Morgan fingerprint density at radius 1 is 1.42 bits per heavy atom. The van der Waals surface area contributed by atoms with Gasteiger partial charge in [0, 0.05) is 12.6 Å². The average Bonchev–Trinajstić information content (AvgIpc) is 1.97. The Hall–Kier alpha value is -0.330. The second-order valence-electron chi connectivity index (χ2n) is 2.55. The Kier molecular flexibility index (Phi) is 4.51. The van der Waals surface area contributed by atoms with Crippen molar-refractivity contribution < 1.29 is 23.4 Å². The summed E-state index contributed by atoms with van der Waals surface area (Å²) in [7, 11) is 0. The van der Waals surface area contributed by atoms with E-state index in [0.717, 1.165) is 0 Å². The molecule has 12 heavy (non-hydrogen) atoms. The SMILES string of the molecule is CC(CO)NCC(O)C(F)(F)F. The van der Waals surface area contributed by atoms with E-state index < -0.39 is 24.9 Å². The molecule has 2 unspecified atom stereocenters. The van der Waals surface area contributed by atoms with Crippen LogP contribution in [0.5, 0.6) is 0 Å². The molecule has 0 amide bonds. The van der Waals surface area contributed by atoms with Crippen molar-refractivity contribution in [3.8, 4) is 0 Å². The number of nitrogens with one attached hydrogen (secondary N) is 1. The van der Waals surface area contributed by atoms with Crippen LogP contribution in [0.15, 0.2) is 0 Å². The van der Waals surface area contributed by atoms with Crippen LogP contribution in [-0.4, -0.2) is 41.7 Å². The monoisotopic (exact) mass is 187 g/mol. The predicted octanol–water partition coefficient (Wildman–Crippen LogP) is -0.120. The standard InChI is InChI=1S/C6H12F3NO2/c1-4(3-11)10-2-5(12)6(7,8)9/h4-5,10-12H,2-3H2,1H3. The molecule has 0 aliphatic heterocycles. The number of alkyl halides is 3. The van der Waals surface area contributed by atoms with E-state index in [9.17, 15) is 13.2 Å². The third-order valence-corrected chi connectivity index (χ3v) is 1.31. The highest BCUT2D eigenvalue weighted by Gasteiger charge is 2.37. The van der Waals surface area contributed by atoms with E-state index in [0.29, 0.717) is 0 Å². The summed E-state index contributed by atoms with van der Waals surface area (Å²) in [5.41, 5.74) is 0. The first-order valence-electron chi connectivity index (χ1n) is 3.47. The fraction of sp³-hybridized carbons (Fsp3) is 1.00. The maximum Gasteiger partial charge on any atom is 0.415 e. The molecule has 0 radical (unpaired) electrons. The van der Waals surface area contributed by atoms with Crippen molar-refractivity contribution in [2.24, 2.45) is 0 Å². The van der Waals surface area contributed by atoms with Gasteiger partial charge in [-0.15, -0.1) is 0 Å². The van der Waals surface area contributed by atoms with Crippen LogP contribution in [0, 0.1) is 0 Å². The van der Waals surface area contributed by atoms with Crippen LogP contribution in [0.2, 0.25) is 0 Å². The van der Waals surface area contributed by atoms with Crippen molar-refractivity contribution in [2.45, 2.75) is 25.2 Å². The van der Waals surface area contributed by atoms with Gasteiger partial charge in [0.05, 0.1) is 6.61 Å². The lowest BCUT2D eigenvalue weighted by molar-refractivity contribution is -0.202. The molecule has 6 heteroatoms. The molecular formula is C6H12F3NO2. The number of hydrogen-bond donors (Lipinski definition) is 3. The first-order chi connectivity index (χ1) is 5.38. The highest BCUT2D eigenvalue weighted by atomic mass is 19.4. The van der Waals surface area contributed by atoms with Gasteiger partial charge in [-0.1, -0.05) is 0 Å². The maximum absolute atomic E-state index is 11.7. The van der Waals surface area contributed by atoms with Crippen molar-refractivity contribution in [1.82, 2.24) is 5.32 Å². The Morgan fingerprint density at radius 3 is 2.25 bits per heavy atom. The first-order valence-corrected chi connectivity index (χ1v) is 3.47. The summed E-state index contributed by atoms with van der Waals surface area (Å²) in [5, 5.41) is 19.2. The lowest BCUT2D eigenvalue weighted by Crippen LogP contribution is -2.42. The minimum absolute atomic E-state index is 0.259. The maximum atomic E-state index is 11.7. The van der Waals surface area contributed by atoms with Gasteiger partial charge >= 0.3 is 6.18 Å². The van der Waals surface area contributed by atoms with Gasteiger partial charge in [-0.05, 0) is 6.92 Å². The van der Waals surface area contributed by atoms with E-state index in [1.165, 1.54) is 6.92 Å². The molecular weight excluding hydrogens is 175 g/mol. The molecule has 0 aromatic heterocycles. The number of aliphatic hydroxyl groups excluding tert-OH is 2. The highest BCUT2D eigenvalue weighted by Crippen LogP contribution is 2.19. The summed E-state index contributed by atoms with van der Waals surface area (Å²) in [6.07, 6.45) is -6.96. The van der Waals surface area contributed by atoms with Crippen molar-refractivity contribution in [1.29, 1.82) is 0 Å². The topological polar surface area (TPSA) is 52.5 Å². The van der Waals surface area contributed by atoms with Gasteiger partial charge in [-0.2, -0.15) is 13.2 Å². The number of halogens is 3. The molecule has 0 aromatic rings. The van der Waals surface area contributed by atoms with Gasteiger partial charge in [0.1, 0.15) is 0 Å². The minimum atomic E-state index is -4.60. The van der Waals surface area contributed by atoms with Crippen LogP contribution < -0.4 is 5.32 Å². The number of aliphatic hydroxyl groups is 2. The number of rotatable bonds is 4. The van der Waals surface area contributed by atoms with E-state index in [1.807, 2.05) is 0 Å². The van der Waals surface area contributed by atoms with Gasteiger partial charge in [-0.3, -0.25) is 0 Å². The fourth-order valence-electron chi connectivity index (χ4n) is 0.493. The van der Waals surface area contributed by atoms with Crippen LogP contribution in [-0.2, 0) is 0 Å². The van der Waals surface area contributed by atoms with E-state index in [1.54, 1.807) is 0 Å². The number of hydrogen-bond acceptors (Lipinski definition) is 3. The molecule has 0 heterocycles. The zero-order valence-electron chi connectivity index (χ0n) is 6.60. The summed E-state index contributed by atoms with van der Waals surface area (Å²) in [5.74, 6) is 0. The van der Waals surface area contributed by atoms with E-state index in [2.05, 4.69) is 5.32 Å². The lowest BCUT2D eigenvalue weighted by atomic mass is 10.3. The summed E-state index contributed by atoms with van der Waals surface area (Å²) in [6.45, 7) is 0.666. The van der Waals surface area contributed by atoms with Crippen molar-refractivity contribution in [3.63, 3.8) is 0 Å². The van der Waals surface area contributed by atoms with Crippen LogP contribution in [0.25, 0.3) is 0 Å². The van der Waals surface area contributed by atoms with E-state index >= 15 is 0 Å². The third kappa shape index (κ3) is 4.53. The molecule has 0 aromatic carbocycles. The molecule has 0 aliphatic carbocycles. The lowest BCUT2D eigenvalue weighted by Gasteiger charge is -2.17. The van der Waals surface area contributed by atoms with Crippen molar-refractivity contribution in [3.05, 3.63) is 0 Å². The van der Waals surface area contributed by atoms with Gasteiger partial charge in [-0.25, -0.2) is 0 Å². The minimum Gasteiger partial charge on any atom is -0.395 e. The molecule has 0 saturated heterocycles. The molecule has 0 spiro atoms. The van der Waals surface area contributed by atoms with Gasteiger partial charge in [0.25, 0.3) is 0 Å². The Labute approximate surface area is 68.2 Å². The summed E-state index contributed by atoms with van der Waals surface area (Å²) >= 11 is 0. The fourth-order valence-corrected chi connectivity index (χ4v) is 0.493. The second kappa shape index (κ2) is 4.64. The van der Waals surface area contributed by atoms with Gasteiger partial charge in [0.15, 0.2) is 6.10 Å². The highest BCUT2D eigenvalue weighted by molar-refractivity contribution is 4.70. The average molecular weight is 187 g/mol. The van der Waals surface area contributed by atoms with Gasteiger partial charge in [0.2, 0.25) is 0 Å². The molecule has 0 aliphatic rings. The zero-order valence-corrected chi connectivity index (χ0v) is 6.60. The van der Waals surface area contributed by atoms with Crippen LogP contribution in [0.3, 0.4) is 0 Å². The van der Waals surface area contributed by atoms with Crippen molar-refractivity contribution in [2.75, 3.05) is 13.2 Å². The molecule has 74 valence electrons. The molecule has 0 saturated carbocycles. The summed E-state index contributed by atoms with van der Waals surface area (Å²) in [4.78, 5) is 0.